The van der Waals surface area contributed by atoms with E-state index in [1.165, 1.54) is 0 Å². The summed E-state index contributed by atoms with van der Waals surface area (Å²) in [6.45, 7) is 3.16. The van der Waals surface area contributed by atoms with Crippen LogP contribution in [0, 0.1) is 11.8 Å². The molecule has 266 valence electrons. The Morgan fingerprint density at radius 1 is 0.600 bits per heavy atom. The molecule has 10 heteroatoms. The molecule has 0 bridgehead atoms. The Morgan fingerprint density at radius 3 is 1.64 bits per heavy atom. The molecule has 7 rings (SSSR count). The van der Waals surface area contributed by atoms with E-state index in [1.54, 1.807) is 48.5 Å². The molecule has 0 spiro atoms. The third-order valence-electron chi connectivity index (χ3n) is 9.89. The summed E-state index contributed by atoms with van der Waals surface area (Å²) in [4.78, 5) is 26.1. The molecule has 3 aromatic rings. The van der Waals surface area contributed by atoms with Crippen molar-refractivity contribution in [1.82, 2.24) is 0 Å². The minimum absolute atomic E-state index is 0.144. The first-order chi connectivity index (χ1) is 24.6. The zero-order valence-electron chi connectivity index (χ0n) is 28.3. The molecule has 0 amide bonds. The maximum Gasteiger partial charge on any atom is 0.338 e. The molecule has 2 saturated heterocycles. The average molecular weight is 687 g/mol. The van der Waals surface area contributed by atoms with Gasteiger partial charge in [0.15, 0.2) is 6.10 Å². The molecule has 0 radical (unpaired) electrons. The van der Waals surface area contributed by atoms with Crippen LogP contribution in [0.15, 0.2) is 78.9 Å². The Morgan fingerprint density at radius 2 is 1.12 bits per heavy atom. The van der Waals surface area contributed by atoms with Gasteiger partial charge in [-0.1, -0.05) is 30.3 Å². The zero-order valence-corrected chi connectivity index (χ0v) is 28.3. The van der Waals surface area contributed by atoms with Crippen molar-refractivity contribution in [2.45, 2.75) is 69.0 Å². The van der Waals surface area contributed by atoms with Crippen LogP contribution in [0.25, 0.3) is 0 Å². The lowest BCUT2D eigenvalue weighted by atomic mass is 9.90. The molecule has 10 nitrogen and oxygen atoms in total. The summed E-state index contributed by atoms with van der Waals surface area (Å²) in [6, 6.07) is 22.8. The van der Waals surface area contributed by atoms with E-state index < -0.39 is 18.0 Å². The van der Waals surface area contributed by atoms with Crippen molar-refractivity contribution in [3.63, 3.8) is 0 Å². The Hall–Kier alpha value is -3.96. The van der Waals surface area contributed by atoms with Gasteiger partial charge in [0.1, 0.15) is 31.3 Å². The third kappa shape index (κ3) is 9.84. The minimum Gasteiger partial charge on any atom is -0.491 e. The number of carbonyl (C=O) groups excluding carboxylic acids is 2. The summed E-state index contributed by atoms with van der Waals surface area (Å²) in [5, 5.41) is 0. The normalized spacial score (nSPS) is 25.4. The molecule has 2 saturated carbocycles. The van der Waals surface area contributed by atoms with Gasteiger partial charge in [0.2, 0.25) is 0 Å². The number of benzene rings is 3. The van der Waals surface area contributed by atoms with Crippen LogP contribution in [0.1, 0.15) is 70.9 Å². The largest absolute Gasteiger partial charge is 0.491 e. The second kappa shape index (κ2) is 16.8. The van der Waals surface area contributed by atoms with Crippen molar-refractivity contribution in [2.24, 2.45) is 11.8 Å². The summed E-state index contributed by atoms with van der Waals surface area (Å²) >= 11 is 0. The number of fused-ring (bicyclic) bond motifs is 2. The number of hydrogen-bond donors (Lipinski definition) is 0. The molecular weight excluding hydrogens is 640 g/mol. The van der Waals surface area contributed by atoms with E-state index in [0.717, 1.165) is 51.7 Å². The number of carbonyl (C=O) groups is 2. The van der Waals surface area contributed by atoms with Crippen LogP contribution >= 0.6 is 0 Å². The Bertz CT molecular complexity index is 1530. The smallest absolute Gasteiger partial charge is 0.338 e. The van der Waals surface area contributed by atoms with Crippen LogP contribution < -0.4 is 9.47 Å². The minimum atomic E-state index is -0.795. The highest BCUT2D eigenvalue weighted by Crippen LogP contribution is 2.40. The lowest BCUT2D eigenvalue weighted by molar-refractivity contribution is -0.00134. The molecule has 50 heavy (non-hydrogen) atoms. The Labute approximate surface area is 293 Å². The van der Waals surface area contributed by atoms with Gasteiger partial charge in [0, 0.05) is 13.2 Å². The van der Waals surface area contributed by atoms with E-state index in [4.69, 9.17) is 37.9 Å². The fourth-order valence-electron chi connectivity index (χ4n) is 6.89. The predicted octanol–water partition coefficient (Wildman–Crippen LogP) is 6.37. The zero-order chi connectivity index (χ0) is 34.1. The Kier molecular flexibility index (Phi) is 11.6. The molecule has 2 aliphatic carbocycles. The van der Waals surface area contributed by atoms with Crippen LogP contribution in [0.4, 0.5) is 0 Å². The predicted molar refractivity (Wildman–Crippen MR) is 182 cm³/mol. The molecule has 0 aromatic heterocycles. The maximum atomic E-state index is 13.1. The van der Waals surface area contributed by atoms with Crippen LogP contribution in [-0.2, 0) is 28.4 Å². The monoisotopic (exact) mass is 686 g/mol. The topological polar surface area (TPSA) is 115 Å². The highest BCUT2D eigenvalue weighted by molar-refractivity contribution is 5.90. The highest BCUT2D eigenvalue weighted by atomic mass is 16.6. The van der Waals surface area contributed by atoms with Crippen molar-refractivity contribution >= 4 is 11.9 Å². The van der Waals surface area contributed by atoms with Crippen LogP contribution in [0.5, 0.6) is 11.5 Å². The second-order valence-corrected chi connectivity index (χ2v) is 13.6. The lowest BCUT2D eigenvalue weighted by Gasteiger charge is -2.19. The average Bonchev–Trinajstić information content (AvgIpc) is 4.09. The lowest BCUT2D eigenvalue weighted by Crippen LogP contribution is -2.20. The summed E-state index contributed by atoms with van der Waals surface area (Å²) in [5.74, 6) is 1.34. The van der Waals surface area contributed by atoms with Gasteiger partial charge in [-0.2, -0.15) is 0 Å². The molecule has 7 unspecified atom stereocenters. The number of ether oxygens (including phenoxy) is 8. The van der Waals surface area contributed by atoms with Gasteiger partial charge in [-0.05, 0) is 104 Å². The van der Waals surface area contributed by atoms with Crippen molar-refractivity contribution in [2.75, 3.05) is 46.2 Å². The van der Waals surface area contributed by atoms with E-state index in [-0.39, 0.29) is 6.61 Å². The molecule has 4 aliphatic rings. The SMILES string of the molecule is O=C(OCC(OC(=O)c1ccc(OCCOCC2CCC3OC3C2)cc1)c1ccccc1)c1ccc(OCCOCC2CCC3OC3C2)cc1. The van der Waals surface area contributed by atoms with Crippen molar-refractivity contribution in [3.05, 3.63) is 95.6 Å². The first-order valence-electron chi connectivity index (χ1n) is 17.9. The Balaban J connectivity index is 0.823. The first kappa shape index (κ1) is 34.5. The van der Waals surface area contributed by atoms with Crippen LogP contribution in [-0.4, -0.2) is 82.6 Å². The number of esters is 2. The molecule has 7 atom stereocenters. The van der Waals surface area contributed by atoms with E-state index in [1.807, 2.05) is 30.3 Å². The fraction of sp³-hybridized carbons (Fsp3) is 0.500. The first-order valence-corrected chi connectivity index (χ1v) is 17.9. The number of rotatable bonds is 18. The molecule has 2 aliphatic heterocycles. The van der Waals surface area contributed by atoms with Gasteiger partial charge in [0.25, 0.3) is 0 Å². The molecule has 4 fully saturated rings. The van der Waals surface area contributed by atoms with Crippen molar-refractivity contribution in [1.29, 1.82) is 0 Å². The number of hydrogen-bond acceptors (Lipinski definition) is 10. The van der Waals surface area contributed by atoms with Gasteiger partial charge < -0.3 is 37.9 Å². The molecular formula is C40H46O10. The van der Waals surface area contributed by atoms with E-state index in [0.29, 0.717) is 90.9 Å². The quantitative estimate of drug-likeness (QED) is 0.0850. The summed E-state index contributed by atoms with van der Waals surface area (Å²) in [7, 11) is 0. The van der Waals surface area contributed by atoms with Crippen molar-refractivity contribution in [3.8, 4) is 11.5 Å². The summed E-state index contributed by atoms with van der Waals surface area (Å²) in [5.41, 5.74) is 1.44. The van der Waals surface area contributed by atoms with Gasteiger partial charge in [0.05, 0.1) is 48.8 Å². The van der Waals surface area contributed by atoms with Gasteiger partial charge in [-0.3, -0.25) is 0 Å². The highest BCUT2D eigenvalue weighted by Gasteiger charge is 2.44. The number of epoxide rings is 2. The van der Waals surface area contributed by atoms with Crippen molar-refractivity contribution < 1.29 is 47.5 Å². The van der Waals surface area contributed by atoms with Crippen LogP contribution in [0.3, 0.4) is 0 Å². The standard InChI is InChI=1S/C40H46O10/c41-39(30-8-12-32(13-9-30)45-20-18-43-24-27-6-16-34-36(22-27)48-34)47-26-38(29-4-2-1-3-5-29)50-40(42)31-10-14-33(15-11-31)46-21-19-44-25-28-7-17-35-37(23-28)49-35/h1-5,8-15,27-28,34-38H,6-7,16-26H2. The molecule has 2 heterocycles. The summed E-state index contributed by atoms with van der Waals surface area (Å²) in [6.07, 6.45) is 7.90. The summed E-state index contributed by atoms with van der Waals surface area (Å²) < 4.78 is 45.8. The second-order valence-electron chi connectivity index (χ2n) is 13.6. The third-order valence-corrected chi connectivity index (χ3v) is 9.89. The molecule has 3 aromatic carbocycles. The van der Waals surface area contributed by atoms with Gasteiger partial charge in [-0.25, -0.2) is 9.59 Å². The van der Waals surface area contributed by atoms with Crippen LogP contribution in [0.2, 0.25) is 0 Å². The molecule has 0 N–H and O–H groups in total. The van der Waals surface area contributed by atoms with E-state index >= 15 is 0 Å². The van der Waals surface area contributed by atoms with Gasteiger partial charge >= 0.3 is 11.9 Å². The van der Waals surface area contributed by atoms with E-state index in [9.17, 15) is 9.59 Å². The maximum absolute atomic E-state index is 13.1. The van der Waals surface area contributed by atoms with Gasteiger partial charge in [-0.15, -0.1) is 0 Å². The van der Waals surface area contributed by atoms with E-state index in [2.05, 4.69) is 0 Å². The fourth-order valence-corrected chi connectivity index (χ4v) is 6.89.